The Morgan fingerprint density at radius 3 is 2.67 bits per heavy atom. The van der Waals surface area contributed by atoms with Crippen LogP contribution >= 0.6 is 11.3 Å². The van der Waals surface area contributed by atoms with Gasteiger partial charge in [-0.1, -0.05) is 19.9 Å². The molecule has 0 spiro atoms. The Morgan fingerprint density at radius 1 is 1.38 bits per heavy atom. The summed E-state index contributed by atoms with van der Waals surface area (Å²) in [4.78, 5) is 7.89. The normalized spacial score (nSPS) is 14.0. The third-order valence-electron chi connectivity index (χ3n) is 3.91. The van der Waals surface area contributed by atoms with Crippen LogP contribution in [0.4, 0.5) is 0 Å². The average molecular weight is 355 g/mol. The molecule has 1 unspecified atom stereocenters. The molecule has 0 aromatic carbocycles. The highest BCUT2D eigenvalue weighted by molar-refractivity contribution is 7.10. The molecule has 1 aromatic rings. The number of thiophene rings is 1. The van der Waals surface area contributed by atoms with Gasteiger partial charge in [-0.25, -0.2) is 0 Å². The van der Waals surface area contributed by atoms with E-state index in [9.17, 15) is 0 Å². The Balaban J connectivity index is 2.45. The quantitative estimate of drug-likeness (QED) is 0.501. The topological polar surface area (TPSA) is 48.9 Å². The van der Waals surface area contributed by atoms with E-state index in [-0.39, 0.29) is 11.5 Å². The van der Waals surface area contributed by atoms with E-state index in [1.54, 1.807) is 11.3 Å². The van der Waals surface area contributed by atoms with Crippen LogP contribution in [0, 0.1) is 0 Å². The van der Waals surface area contributed by atoms with Crippen molar-refractivity contribution in [3.05, 3.63) is 22.4 Å². The Labute approximate surface area is 151 Å². The Hall–Kier alpha value is -1.11. The van der Waals surface area contributed by atoms with Gasteiger partial charge in [-0.2, -0.15) is 0 Å². The van der Waals surface area contributed by atoms with E-state index >= 15 is 0 Å². The minimum Gasteiger partial charge on any atom is -0.377 e. The third kappa shape index (κ3) is 7.64. The zero-order chi connectivity index (χ0) is 18.0. The molecule has 1 heterocycles. The van der Waals surface area contributed by atoms with Crippen molar-refractivity contribution in [3.8, 4) is 0 Å². The smallest absolute Gasteiger partial charge is 0.191 e. The summed E-state index contributed by atoms with van der Waals surface area (Å²) in [6.07, 6.45) is 1.20. The number of nitrogens with zero attached hydrogens (tertiary/aromatic N) is 2. The molecule has 0 aliphatic heterocycles. The van der Waals surface area contributed by atoms with Gasteiger partial charge in [0, 0.05) is 43.6 Å². The fraction of sp³-hybridized carbons (Fsp3) is 0.722. The number of hydrogen-bond donors (Lipinski definition) is 2. The van der Waals surface area contributed by atoms with Crippen LogP contribution in [0.2, 0.25) is 0 Å². The van der Waals surface area contributed by atoms with E-state index in [0.29, 0.717) is 0 Å². The van der Waals surface area contributed by atoms with Crippen LogP contribution in [0.5, 0.6) is 0 Å². The molecule has 24 heavy (non-hydrogen) atoms. The van der Waals surface area contributed by atoms with E-state index in [0.717, 1.165) is 38.6 Å². The SMILES string of the molecule is CCOC(CCN(C)C)CNC(=NC)NCC(C)(C)c1cccs1. The van der Waals surface area contributed by atoms with Gasteiger partial charge in [-0.15, -0.1) is 11.3 Å². The zero-order valence-electron chi connectivity index (χ0n) is 16.1. The van der Waals surface area contributed by atoms with Crippen LogP contribution in [0.25, 0.3) is 0 Å². The molecular formula is C18H34N4OS. The predicted octanol–water partition coefficient (Wildman–Crippen LogP) is 2.55. The number of aliphatic imine (C=N–C) groups is 1. The molecule has 0 saturated heterocycles. The van der Waals surface area contributed by atoms with E-state index < -0.39 is 0 Å². The molecule has 0 amide bonds. The standard InChI is InChI=1S/C18H34N4OS/c1-7-23-15(10-11-22(5)6)13-20-17(19-4)21-14-18(2,3)16-9-8-12-24-16/h8-9,12,15H,7,10-11,13-14H2,1-6H3,(H2,19,20,21). The second kappa shape index (κ2) is 10.7. The maximum absolute atomic E-state index is 5.82. The van der Waals surface area contributed by atoms with Crippen LogP contribution in [-0.4, -0.2) is 64.3 Å². The monoisotopic (exact) mass is 354 g/mol. The predicted molar refractivity (Wildman–Crippen MR) is 105 cm³/mol. The lowest BCUT2D eigenvalue weighted by Crippen LogP contribution is -2.46. The minimum absolute atomic E-state index is 0.0794. The highest BCUT2D eigenvalue weighted by atomic mass is 32.1. The average Bonchev–Trinajstić information content (AvgIpc) is 3.07. The van der Waals surface area contributed by atoms with E-state index in [2.05, 4.69) is 66.0 Å². The largest absolute Gasteiger partial charge is 0.377 e. The summed E-state index contributed by atoms with van der Waals surface area (Å²) < 4.78 is 5.82. The molecule has 6 heteroatoms. The highest BCUT2D eigenvalue weighted by Gasteiger charge is 2.22. The summed E-state index contributed by atoms with van der Waals surface area (Å²) in [5.41, 5.74) is 0.0794. The number of nitrogens with one attached hydrogen (secondary N) is 2. The van der Waals surface area contributed by atoms with Crippen molar-refractivity contribution in [3.63, 3.8) is 0 Å². The highest BCUT2D eigenvalue weighted by Crippen LogP contribution is 2.26. The molecule has 138 valence electrons. The molecule has 1 rings (SSSR count). The minimum atomic E-state index is 0.0794. The van der Waals surface area contributed by atoms with Crippen molar-refractivity contribution >= 4 is 17.3 Å². The molecule has 5 nitrogen and oxygen atoms in total. The van der Waals surface area contributed by atoms with Crippen LogP contribution in [0.1, 0.15) is 32.1 Å². The van der Waals surface area contributed by atoms with E-state index in [1.807, 2.05) is 14.0 Å². The molecule has 0 aliphatic rings. The van der Waals surface area contributed by atoms with Gasteiger partial charge in [0.05, 0.1) is 6.10 Å². The third-order valence-corrected chi connectivity index (χ3v) is 5.14. The zero-order valence-corrected chi connectivity index (χ0v) is 16.9. The molecule has 0 radical (unpaired) electrons. The maximum Gasteiger partial charge on any atom is 0.191 e. The van der Waals surface area contributed by atoms with Crippen LogP contribution in [0.15, 0.2) is 22.5 Å². The van der Waals surface area contributed by atoms with E-state index in [1.165, 1.54) is 4.88 Å². The van der Waals surface area contributed by atoms with Gasteiger partial charge in [0.2, 0.25) is 0 Å². The molecule has 0 aliphatic carbocycles. The van der Waals surface area contributed by atoms with Crippen molar-refractivity contribution in [2.75, 3.05) is 47.4 Å². The number of hydrogen-bond acceptors (Lipinski definition) is 4. The second-order valence-corrected chi connectivity index (χ2v) is 7.78. The Morgan fingerprint density at radius 2 is 2.12 bits per heavy atom. The first-order valence-corrected chi connectivity index (χ1v) is 9.51. The summed E-state index contributed by atoms with van der Waals surface area (Å²) in [6.45, 7) is 9.89. The van der Waals surface area contributed by atoms with Gasteiger partial charge < -0.3 is 20.3 Å². The molecule has 2 N–H and O–H groups in total. The van der Waals surface area contributed by atoms with Gasteiger partial charge in [0.15, 0.2) is 5.96 Å². The summed E-state index contributed by atoms with van der Waals surface area (Å²) in [7, 11) is 5.98. The van der Waals surface area contributed by atoms with Crippen molar-refractivity contribution in [2.45, 2.75) is 38.7 Å². The first-order chi connectivity index (χ1) is 11.4. The van der Waals surface area contributed by atoms with Crippen LogP contribution in [-0.2, 0) is 10.2 Å². The summed E-state index contributed by atoms with van der Waals surface area (Å²) in [5.74, 6) is 0.828. The molecule has 0 fully saturated rings. The van der Waals surface area contributed by atoms with Gasteiger partial charge >= 0.3 is 0 Å². The van der Waals surface area contributed by atoms with Gasteiger partial charge in [-0.05, 0) is 38.9 Å². The summed E-state index contributed by atoms with van der Waals surface area (Å²) >= 11 is 1.80. The lowest BCUT2D eigenvalue weighted by molar-refractivity contribution is 0.0548. The molecule has 0 bridgehead atoms. The molecule has 1 atom stereocenters. The van der Waals surface area contributed by atoms with Gasteiger partial charge in [0.25, 0.3) is 0 Å². The number of guanidine groups is 1. The van der Waals surface area contributed by atoms with Gasteiger partial charge in [0.1, 0.15) is 0 Å². The van der Waals surface area contributed by atoms with E-state index in [4.69, 9.17) is 4.74 Å². The first-order valence-electron chi connectivity index (χ1n) is 8.64. The maximum atomic E-state index is 5.82. The van der Waals surface area contributed by atoms with Crippen LogP contribution in [0.3, 0.4) is 0 Å². The van der Waals surface area contributed by atoms with Gasteiger partial charge in [-0.3, -0.25) is 4.99 Å². The Bertz CT molecular complexity index is 471. The molecular weight excluding hydrogens is 320 g/mol. The summed E-state index contributed by atoms with van der Waals surface area (Å²) in [5, 5.41) is 8.96. The van der Waals surface area contributed by atoms with Crippen molar-refractivity contribution < 1.29 is 4.74 Å². The number of rotatable bonds is 10. The molecule has 0 saturated carbocycles. The lowest BCUT2D eigenvalue weighted by Gasteiger charge is -2.26. The Kier molecular flexibility index (Phi) is 9.33. The van der Waals surface area contributed by atoms with Crippen molar-refractivity contribution in [2.24, 2.45) is 4.99 Å². The summed E-state index contributed by atoms with van der Waals surface area (Å²) in [6, 6.07) is 4.29. The fourth-order valence-corrected chi connectivity index (χ4v) is 3.22. The van der Waals surface area contributed by atoms with Crippen molar-refractivity contribution in [1.29, 1.82) is 0 Å². The lowest BCUT2D eigenvalue weighted by atomic mass is 9.91. The number of ether oxygens (including phenoxy) is 1. The van der Waals surface area contributed by atoms with Crippen LogP contribution < -0.4 is 10.6 Å². The molecule has 1 aromatic heterocycles. The first kappa shape index (κ1) is 20.9. The van der Waals surface area contributed by atoms with Crippen molar-refractivity contribution in [1.82, 2.24) is 15.5 Å². The second-order valence-electron chi connectivity index (χ2n) is 6.84. The fourth-order valence-electron chi connectivity index (χ4n) is 2.37.